The van der Waals surface area contributed by atoms with Gasteiger partial charge in [-0.15, -0.1) is 24.0 Å². The van der Waals surface area contributed by atoms with Gasteiger partial charge in [-0.25, -0.2) is 4.99 Å². The number of halogens is 1. The number of hydrogen-bond donors (Lipinski definition) is 3. The molecular weight excluding hydrogens is 473 g/mol. The quantitative estimate of drug-likeness (QED) is 0.188. The van der Waals surface area contributed by atoms with Crippen LogP contribution in [0.1, 0.15) is 37.5 Å². The van der Waals surface area contributed by atoms with Crippen molar-refractivity contribution in [2.75, 3.05) is 32.8 Å². The monoisotopic (exact) mass is 505 g/mol. The van der Waals surface area contributed by atoms with Crippen LogP contribution in [0.3, 0.4) is 0 Å². The molecule has 3 N–H and O–H groups in total. The summed E-state index contributed by atoms with van der Waals surface area (Å²) in [7, 11) is 0. The predicted octanol–water partition coefficient (Wildman–Crippen LogP) is 3.21. The first kappa shape index (κ1) is 24.5. The molecule has 0 fully saturated rings. The molecular formula is C20H32IN3O4. The van der Waals surface area contributed by atoms with Gasteiger partial charge in [0.25, 0.3) is 0 Å². The Morgan fingerprint density at radius 1 is 1.25 bits per heavy atom. The molecule has 1 unspecified atom stereocenters. The minimum absolute atomic E-state index is 0. The summed E-state index contributed by atoms with van der Waals surface area (Å²) in [4.78, 5) is 4.53. The van der Waals surface area contributed by atoms with Crippen molar-refractivity contribution in [1.29, 1.82) is 0 Å². The minimum Gasteiger partial charge on any atom is -0.469 e. The number of guanidine groups is 1. The molecule has 158 valence electrons. The topological polar surface area (TPSA) is 92.2 Å². The maximum absolute atomic E-state index is 10.7. The third kappa shape index (κ3) is 8.66. The van der Waals surface area contributed by atoms with E-state index in [-0.39, 0.29) is 30.5 Å². The van der Waals surface area contributed by atoms with Crippen LogP contribution in [0.15, 0.2) is 44.4 Å². The number of nitrogens with one attached hydrogen (secondary N) is 2. The van der Waals surface area contributed by atoms with Gasteiger partial charge < -0.3 is 29.3 Å². The number of furan rings is 2. The van der Waals surface area contributed by atoms with Crippen LogP contribution in [0.5, 0.6) is 0 Å². The summed E-state index contributed by atoms with van der Waals surface area (Å²) < 4.78 is 16.2. The Morgan fingerprint density at radius 2 is 2.04 bits per heavy atom. The van der Waals surface area contributed by atoms with E-state index in [2.05, 4.69) is 15.6 Å². The van der Waals surface area contributed by atoms with Crippen molar-refractivity contribution in [2.45, 2.75) is 39.2 Å². The molecule has 2 rings (SSSR count). The fourth-order valence-electron chi connectivity index (χ4n) is 2.49. The maximum atomic E-state index is 10.7. The van der Waals surface area contributed by atoms with Crippen molar-refractivity contribution >= 4 is 29.9 Å². The molecule has 2 aromatic heterocycles. The van der Waals surface area contributed by atoms with Gasteiger partial charge in [-0.3, -0.25) is 0 Å². The van der Waals surface area contributed by atoms with Gasteiger partial charge in [0.1, 0.15) is 22.9 Å². The van der Waals surface area contributed by atoms with E-state index in [1.165, 1.54) is 0 Å². The summed E-state index contributed by atoms with van der Waals surface area (Å²) in [5, 5.41) is 17.2. The molecule has 0 spiro atoms. The number of hydrogen-bond acceptors (Lipinski definition) is 5. The molecule has 0 aliphatic heterocycles. The molecule has 0 saturated carbocycles. The van der Waals surface area contributed by atoms with Gasteiger partial charge >= 0.3 is 0 Å². The zero-order valence-corrected chi connectivity index (χ0v) is 19.2. The van der Waals surface area contributed by atoms with Crippen LogP contribution in [-0.4, -0.2) is 43.9 Å². The van der Waals surface area contributed by atoms with E-state index in [0.29, 0.717) is 31.5 Å². The molecule has 0 bridgehead atoms. The summed E-state index contributed by atoms with van der Waals surface area (Å²) >= 11 is 0. The Labute approximate surface area is 184 Å². The van der Waals surface area contributed by atoms with Crippen molar-refractivity contribution in [1.82, 2.24) is 10.6 Å². The molecule has 1 atom stereocenters. The van der Waals surface area contributed by atoms with E-state index in [1.54, 1.807) is 19.3 Å². The van der Waals surface area contributed by atoms with Crippen LogP contribution in [0.25, 0.3) is 0 Å². The molecule has 7 nitrogen and oxygen atoms in total. The summed E-state index contributed by atoms with van der Waals surface area (Å²) in [6.45, 7) is 8.53. The third-order valence-electron chi connectivity index (χ3n) is 4.02. The molecule has 8 heteroatoms. The van der Waals surface area contributed by atoms with Gasteiger partial charge in [0.2, 0.25) is 0 Å². The summed E-state index contributed by atoms with van der Waals surface area (Å²) in [6, 6.07) is 7.43. The second kappa shape index (κ2) is 12.8. The average Bonchev–Trinajstić information content (AvgIpc) is 3.31. The highest BCUT2D eigenvalue weighted by atomic mass is 127. The van der Waals surface area contributed by atoms with Crippen LogP contribution < -0.4 is 10.6 Å². The van der Waals surface area contributed by atoms with Gasteiger partial charge in [-0.2, -0.15) is 0 Å². The van der Waals surface area contributed by atoms with Crippen molar-refractivity contribution in [3.63, 3.8) is 0 Å². The molecule has 0 radical (unpaired) electrons. The number of aryl methyl sites for hydroxylation is 1. The lowest BCUT2D eigenvalue weighted by Gasteiger charge is -2.20. The lowest BCUT2D eigenvalue weighted by molar-refractivity contribution is 0.0428. The highest BCUT2D eigenvalue weighted by molar-refractivity contribution is 14.0. The van der Waals surface area contributed by atoms with E-state index in [9.17, 15) is 5.11 Å². The van der Waals surface area contributed by atoms with Crippen LogP contribution in [0, 0.1) is 6.92 Å². The number of rotatable bonds is 11. The number of aliphatic imine (C=N–C) groups is 1. The van der Waals surface area contributed by atoms with E-state index in [4.69, 9.17) is 13.6 Å². The smallest absolute Gasteiger partial charge is 0.191 e. The average molecular weight is 505 g/mol. The Kier molecular flexibility index (Phi) is 11.2. The molecule has 0 aliphatic rings. The zero-order chi connectivity index (χ0) is 19.5. The lowest BCUT2D eigenvalue weighted by Crippen LogP contribution is -2.40. The van der Waals surface area contributed by atoms with Gasteiger partial charge in [-0.1, -0.05) is 0 Å². The van der Waals surface area contributed by atoms with Crippen molar-refractivity contribution < 1.29 is 18.7 Å². The lowest BCUT2D eigenvalue weighted by atomic mass is 10.0. The van der Waals surface area contributed by atoms with E-state index in [1.807, 2.05) is 32.0 Å². The molecule has 0 aliphatic carbocycles. The highest BCUT2D eigenvalue weighted by Crippen LogP contribution is 2.23. The van der Waals surface area contributed by atoms with Gasteiger partial charge in [0, 0.05) is 32.7 Å². The second-order valence-corrected chi connectivity index (χ2v) is 6.58. The van der Waals surface area contributed by atoms with Crippen LogP contribution in [-0.2, 0) is 16.8 Å². The fourth-order valence-corrected chi connectivity index (χ4v) is 2.49. The van der Waals surface area contributed by atoms with Gasteiger partial charge in [-0.05, 0) is 51.5 Å². The summed E-state index contributed by atoms with van der Waals surface area (Å²) in [6.07, 6.45) is 3.29. The Bertz CT molecular complexity index is 683. The van der Waals surface area contributed by atoms with E-state index in [0.717, 1.165) is 30.9 Å². The predicted molar refractivity (Wildman–Crippen MR) is 120 cm³/mol. The van der Waals surface area contributed by atoms with Gasteiger partial charge in [0.15, 0.2) is 5.96 Å². The van der Waals surface area contributed by atoms with E-state index < -0.39 is 5.60 Å². The Balaban J connectivity index is 0.00000392. The number of aliphatic hydroxyl groups is 1. The summed E-state index contributed by atoms with van der Waals surface area (Å²) in [5.74, 6) is 2.83. The molecule has 0 aromatic carbocycles. The minimum atomic E-state index is -1.17. The van der Waals surface area contributed by atoms with Gasteiger partial charge in [0.05, 0.1) is 12.8 Å². The molecule has 2 aromatic rings. The van der Waals surface area contributed by atoms with Crippen molar-refractivity contribution in [3.8, 4) is 0 Å². The first-order valence-electron chi connectivity index (χ1n) is 9.43. The standard InChI is InChI=1S/C20H31N3O4.HI/c1-4-25-13-6-11-21-19(22-12-10-17-7-5-14-26-17)23-15-20(3,24)18-9-8-16(2)27-18;/h5,7-9,14,24H,4,6,10-13,15H2,1-3H3,(H2,21,22,23);1H. The van der Waals surface area contributed by atoms with Crippen LogP contribution in [0.2, 0.25) is 0 Å². The molecule has 0 saturated heterocycles. The van der Waals surface area contributed by atoms with Crippen LogP contribution >= 0.6 is 24.0 Å². The van der Waals surface area contributed by atoms with Crippen LogP contribution in [0.4, 0.5) is 0 Å². The molecule has 28 heavy (non-hydrogen) atoms. The highest BCUT2D eigenvalue weighted by Gasteiger charge is 2.26. The second-order valence-electron chi connectivity index (χ2n) is 6.58. The zero-order valence-electron chi connectivity index (χ0n) is 16.9. The van der Waals surface area contributed by atoms with Crippen molar-refractivity contribution in [2.24, 2.45) is 4.99 Å². The SMILES string of the molecule is CCOCCCNC(=NCC(C)(O)c1ccc(C)o1)NCCc1ccco1.I. The maximum Gasteiger partial charge on any atom is 0.191 e. The molecule has 2 heterocycles. The third-order valence-corrected chi connectivity index (χ3v) is 4.02. The molecule has 0 amide bonds. The van der Waals surface area contributed by atoms with E-state index >= 15 is 0 Å². The number of nitrogens with zero attached hydrogens (tertiary/aromatic N) is 1. The van der Waals surface area contributed by atoms with Crippen molar-refractivity contribution in [3.05, 3.63) is 47.8 Å². The first-order chi connectivity index (χ1) is 13.0. The Morgan fingerprint density at radius 3 is 2.68 bits per heavy atom. The normalized spacial score (nSPS) is 13.6. The summed E-state index contributed by atoms with van der Waals surface area (Å²) in [5.41, 5.74) is -1.17. The number of ether oxygens (including phenoxy) is 1. The largest absolute Gasteiger partial charge is 0.469 e. The Hall–Kier alpha value is -1.52. The first-order valence-corrected chi connectivity index (χ1v) is 9.43. The fraction of sp³-hybridized carbons (Fsp3) is 0.550.